The molecular formula is C21H25N3O3. The van der Waals surface area contributed by atoms with Crippen molar-refractivity contribution in [3.63, 3.8) is 0 Å². The summed E-state index contributed by atoms with van der Waals surface area (Å²) in [7, 11) is 0. The van der Waals surface area contributed by atoms with E-state index in [2.05, 4.69) is 10.3 Å². The highest BCUT2D eigenvalue weighted by Gasteiger charge is 2.41. The normalized spacial score (nSPS) is 19.8. The van der Waals surface area contributed by atoms with Gasteiger partial charge >= 0.3 is 5.97 Å². The van der Waals surface area contributed by atoms with E-state index in [0.29, 0.717) is 26.2 Å². The van der Waals surface area contributed by atoms with Gasteiger partial charge in [0, 0.05) is 25.8 Å². The van der Waals surface area contributed by atoms with Gasteiger partial charge in [-0.15, -0.1) is 0 Å². The van der Waals surface area contributed by atoms with E-state index >= 15 is 0 Å². The largest absolute Gasteiger partial charge is 0.481 e. The Hall–Kier alpha value is -2.73. The van der Waals surface area contributed by atoms with Crippen LogP contribution in [0.5, 0.6) is 0 Å². The standard InChI is InChI=1S/C21H25N3O3/c1-14-8-15(2)19(22-9-14)10-23-20(25)17-12-24(13-18(17)21(26)27)11-16-6-4-3-5-7-16/h3-9,17-18H,10-13H2,1-2H3,(H,23,25)(H,26,27). The Morgan fingerprint density at radius 1 is 1.19 bits per heavy atom. The number of nitrogens with zero attached hydrogens (tertiary/aromatic N) is 2. The fourth-order valence-electron chi connectivity index (χ4n) is 3.60. The molecule has 0 saturated carbocycles. The molecule has 2 N–H and O–H groups in total. The molecule has 142 valence electrons. The second-order valence-corrected chi connectivity index (χ2v) is 7.22. The van der Waals surface area contributed by atoms with Crippen LogP contribution < -0.4 is 5.32 Å². The van der Waals surface area contributed by atoms with Gasteiger partial charge in [-0.1, -0.05) is 36.4 Å². The number of benzene rings is 1. The van der Waals surface area contributed by atoms with Crippen LogP contribution in [0.4, 0.5) is 0 Å². The van der Waals surface area contributed by atoms with E-state index in [1.807, 2.05) is 55.1 Å². The van der Waals surface area contributed by atoms with Crippen molar-refractivity contribution in [2.75, 3.05) is 13.1 Å². The van der Waals surface area contributed by atoms with E-state index in [1.165, 1.54) is 0 Å². The summed E-state index contributed by atoms with van der Waals surface area (Å²) in [5.41, 5.74) is 4.00. The highest BCUT2D eigenvalue weighted by molar-refractivity contribution is 5.85. The Kier molecular flexibility index (Phi) is 5.86. The lowest BCUT2D eigenvalue weighted by atomic mass is 9.95. The van der Waals surface area contributed by atoms with Gasteiger partial charge in [0.25, 0.3) is 0 Å². The van der Waals surface area contributed by atoms with Crippen molar-refractivity contribution < 1.29 is 14.7 Å². The maximum absolute atomic E-state index is 12.7. The third-order valence-electron chi connectivity index (χ3n) is 5.05. The van der Waals surface area contributed by atoms with Crippen LogP contribution in [0.15, 0.2) is 42.6 Å². The Morgan fingerprint density at radius 2 is 1.89 bits per heavy atom. The molecule has 1 saturated heterocycles. The predicted molar refractivity (Wildman–Crippen MR) is 102 cm³/mol. The Bertz CT molecular complexity index is 823. The number of rotatable bonds is 6. The minimum Gasteiger partial charge on any atom is -0.481 e. The summed E-state index contributed by atoms with van der Waals surface area (Å²) in [6.07, 6.45) is 1.77. The summed E-state index contributed by atoms with van der Waals surface area (Å²) >= 11 is 0. The first kappa shape index (κ1) is 19.0. The highest BCUT2D eigenvalue weighted by atomic mass is 16.4. The Labute approximate surface area is 159 Å². The number of nitrogens with one attached hydrogen (secondary N) is 1. The van der Waals surface area contributed by atoms with Crippen molar-refractivity contribution in [1.29, 1.82) is 0 Å². The van der Waals surface area contributed by atoms with Crippen molar-refractivity contribution in [3.8, 4) is 0 Å². The zero-order valence-electron chi connectivity index (χ0n) is 15.7. The zero-order valence-corrected chi connectivity index (χ0v) is 15.7. The molecule has 1 fully saturated rings. The summed E-state index contributed by atoms with van der Waals surface area (Å²) in [5, 5.41) is 12.4. The van der Waals surface area contributed by atoms with Gasteiger partial charge in [0.15, 0.2) is 0 Å². The number of aromatic nitrogens is 1. The minimum absolute atomic E-state index is 0.222. The number of aliphatic carboxylic acids is 1. The molecule has 1 aromatic heterocycles. The Balaban J connectivity index is 1.64. The topological polar surface area (TPSA) is 82.5 Å². The number of carboxylic acid groups (broad SMARTS) is 1. The predicted octanol–water partition coefficient (Wildman–Crippen LogP) is 2.15. The van der Waals surface area contributed by atoms with E-state index in [-0.39, 0.29) is 5.91 Å². The van der Waals surface area contributed by atoms with Crippen LogP contribution in [0.2, 0.25) is 0 Å². The summed E-state index contributed by atoms with van der Waals surface area (Å²) < 4.78 is 0. The zero-order chi connectivity index (χ0) is 19.4. The van der Waals surface area contributed by atoms with Gasteiger partial charge in [-0.2, -0.15) is 0 Å². The van der Waals surface area contributed by atoms with Gasteiger partial charge in [-0.25, -0.2) is 0 Å². The van der Waals surface area contributed by atoms with Gasteiger partial charge in [-0.3, -0.25) is 19.5 Å². The second kappa shape index (κ2) is 8.31. The lowest BCUT2D eigenvalue weighted by Crippen LogP contribution is -2.37. The van der Waals surface area contributed by atoms with Gasteiger partial charge in [-0.05, 0) is 30.5 Å². The van der Waals surface area contributed by atoms with Crippen LogP contribution in [0.25, 0.3) is 0 Å². The summed E-state index contributed by atoms with van der Waals surface area (Å²) in [6, 6.07) is 11.9. The number of hydrogen-bond donors (Lipinski definition) is 2. The number of likely N-dealkylation sites (tertiary alicyclic amines) is 1. The SMILES string of the molecule is Cc1cnc(CNC(=O)C2CN(Cc3ccccc3)CC2C(=O)O)c(C)c1. The highest BCUT2D eigenvalue weighted by Crippen LogP contribution is 2.25. The number of aryl methyl sites for hydroxylation is 2. The van der Waals surface area contributed by atoms with Crippen LogP contribution in [-0.2, 0) is 22.7 Å². The number of carbonyl (C=O) groups is 2. The van der Waals surface area contributed by atoms with Crippen LogP contribution in [0.1, 0.15) is 22.4 Å². The minimum atomic E-state index is -0.921. The fourth-order valence-corrected chi connectivity index (χ4v) is 3.60. The molecule has 1 aliphatic heterocycles. The van der Waals surface area contributed by atoms with Crippen LogP contribution in [0.3, 0.4) is 0 Å². The van der Waals surface area contributed by atoms with Crippen LogP contribution in [0, 0.1) is 25.7 Å². The van der Waals surface area contributed by atoms with Crippen LogP contribution >= 0.6 is 0 Å². The average molecular weight is 367 g/mol. The lowest BCUT2D eigenvalue weighted by Gasteiger charge is -2.16. The van der Waals surface area contributed by atoms with Gasteiger partial charge in [0.2, 0.25) is 5.91 Å². The maximum Gasteiger partial charge on any atom is 0.308 e. The monoisotopic (exact) mass is 367 g/mol. The quantitative estimate of drug-likeness (QED) is 0.817. The first-order chi connectivity index (χ1) is 12.9. The molecule has 2 aromatic rings. The van der Waals surface area contributed by atoms with E-state index in [9.17, 15) is 14.7 Å². The molecule has 2 atom stereocenters. The van der Waals surface area contributed by atoms with Crippen molar-refractivity contribution in [2.24, 2.45) is 11.8 Å². The summed E-state index contributed by atoms with van der Waals surface area (Å²) in [5.74, 6) is -2.40. The lowest BCUT2D eigenvalue weighted by molar-refractivity contribution is -0.145. The van der Waals surface area contributed by atoms with Crippen molar-refractivity contribution in [2.45, 2.75) is 26.9 Å². The molecule has 6 nitrogen and oxygen atoms in total. The summed E-state index contributed by atoms with van der Waals surface area (Å²) in [6.45, 7) is 5.71. The molecule has 1 aliphatic rings. The van der Waals surface area contributed by atoms with Crippen molar-refractivity contribution in [1.82, 2.24) is 15.2 Å². The number of carboxylic acids is 1. The number of carbonyl (C=O) groups excluding carboxylic acids is 1. The molecule has 2 heterocycles. The molecule has 3 rings (SSSR count). The average Bonchev–Trinajstić information content (AvgIpc) is 3.06. The number of hydrogen-bond acceptors (Lipinski definition) is 4. The van der Waals surface area contributed by atoms with E-state index in [4.69, 9.17) is 0 Å². The third kappa shape index (κ3) is 4.71. The number of pyridine rings is 1. The number of amides is 1. The smallest absolute Gasteiger partial charge is 0.308 e. The van der Waals surface area contributed by atoms with Crippen molar-refractivity contribution in [3.05, 3.63) is 65.0 Å². The third-order valence-corrected chi connectivity index (χ3v) is 5.05. The van der Waals surface area contributed by atoms with Crippen LogP contribution in [-0.4, -0.2) is 40.0 Å². The van der Waals surface area contributed by atoms with Gasteiger partial charge in [0.05, 0.1) is 24.1 Å². The summed E-state index contributed by atoms with van der Waals surface area (Å²) in [4.78, 5) is 30.7. The molecule has 0 bridgehead atoms. The molecule has 6 heteroatoms. The van der Waals surface area contributed by atoms with E-state index in [1.54, 1.807) is 6.20 Å². The van der Waals surface area contributed by atoms with Gasteiger partial charge < -0.3 is 10.4 Å². The first-order valence-corrected chi connectivity index (χ1v) is 9.13. The molecule has 1 aromatic carbocycles. The van der Waals surface area contributed by atoms with Gasteiger partial charge in [0.1, 0.15) is 0 Å². The molecule has 1 amide bonds. The molecule has 2 unspecified atom stereocenters. The molecular weight excluding hydrogens is 342 g/mol. The van der Waals surface area contributed by atoms with Crippen molar-refractivity contribution >= 4 is 11.9 Å². The second-order valence-electron chi connectivity index (χ2n) is 7.22. The fraction of sp³-hybridized carbons (Fsp3) is 0.381. The molecule has 0 radical (unpaired) electrons. The molecule has 0 aliphatic carbocycles. The Morgan fingerprint density at radius 3 is 2.56 bits per heavy atom. The van der Waals surface area contributed by atoms with E-state index in [0.717, 1.165) is 22.4 Å². The molecule has 27 heavy (non-hydrogen) atoms. The maximum atomic E-state index is 12.7. The first-order valence-electron chi connectivity index (χ1n) is 9.13. The molecule has 0 spiro atoms. The van der Waals surface area contributed by atoms with E-state index < -0.39 is 17.8 Å².